The van der Waals surface area contributed by atoms with E-state index in [4.69, 9.17) is 14.2 Å². The summed E-state index contributed by atoms with van der Waals surface area (Å²) in [4.78, 5) is 8.10. The van der Waals surface area contributed by atoms with E-state index in [2.05, 4.69) is 25.9 Å². The minimum atomic E-state index is -0.545. The first kappa shape index (κ1) is 14.9. The molecule has 1 aromatic carbocycles. The van der Waals surface area contributed by atoms with Crippen molar-refractivity contribution >= 4 is 15.9 Å². The molecule has 2 aromatic rings. The summed E-state index contributed by atoms with van der Waals surface area (Å²) in [6, 6.07) is 7.89. The third kappa shape index (κ3) is 3.75. The number of rotatable bonds is 6. The van der Waals surface area contributed by atoms with Crippen molar-refractivity contribution < 1.29 is 14.2 Å². The fraction of sp³-hybridized carbons (Fsp3) is 0.286. The van der Waals surface area contributed by atoms with Crippen LogP contribution in [0.3, 0.4) is 0 Å². The summed E-state index contributed by atoms with van der Waals surface area (Å²) >= 11 is 3.40. The Kier molecular flexibility index (Phi) is 5.46. The van der Waals surface area contributed by atoms with E-state index in [-0.39, 0.29) is 0 Å². The highest BCUT2D eigenvalue weighted by atomic mass is 79.9. The minimum Gasteiger partial charge on any atom is -0.472 e. The Hall–Kier alpha value is -1.50. The van der Waals surface area contributed by atoms with E-state index >= 15 is 0 Å². The van der Waals surface area contributed by atoms with Crippen LogP contribution in [0.5, 0.6) is 5.88 Å². The molecule has 0 fully saturated rings. The lowest BCUT2D eigenvalue weighted by molar-refractivity contribution is -0.107. The van der Waals surface area contributed by atoms with Crippen LogP contribution in [0.4, 0.5) is 0 Å². The highest BCUT2D eigenvalue weighted by Crippen LogP contribution is 2.25. The van der Waals surface area contributed by atoms with Gasteiger partial charge < -0.3 is 14.2 Å². The molecule has 6 heteroatoms. The van der Waals surface area contributed by atoms with E-state index in [1.807, 2.05) is 24.3 Å². The first-order valence-corrected chi connectivity index (χ1v) is 6.76. The lowest BCUT2D eigenvalue weighted by Crippen LogP contribution is -2.09. The van der Waals surface area contributed by atoms with Gasteiger partial charge in [-0.25, -0.2) is 9.97 Å². The van der Waals surface area contributed by atoms with Crippen LogP contribution < -0.4 is 4.74 Å². The molecule has 0 aliphatic rings. The summed E-state index contributed by atoms with van der Waals surface area (Å²) in [5.74, 6) is 0.455. The maximum atomic E-state index is 5.72. The van der Waals surface area contributed by atoms with Crippen molar-refractivity contribution in [2.45, 2.75) is 12.9 Å². The monoisotopic (exact) mass is 338 g/mol. The molecule has 0 saturated carbocycles. The summed E-state index contributed by atoms with van der Waals surface area (Å²) in [5, 5.41) is 0. The van der Waals surface area contributed by atoms with Gasteiger partial charge in [-0.1, -0.05) is 28.1 Å². The summed E-state index contributed by atoms with van der Waals surface area (Å²) < 4.78 is 17.2. The van der Waals surface area contributed by atoms with Crippen LogP contribution in [-0.2, 0) is 16.1 Å². The SMILES string of the molecule is COC(OC)c1cncnc1OCc1ccc(Br)cc1. The molecule has 0 aliphatic carbocycles. The van der Waals surface area contributed by atoms with Gasteiger partial charge in [0, 0.05) is 24.9 Å². The van der Waals surface area contributed by atoms with Crippen molar-refractivity contribution in [3.05, 3.63) is 52.4 Å². The number of aromatic nitrogens is 2. The molecular formula is C14H15BrN2O3. The minimum absolute atomic E-state index is 0.414. The second-order valence-corrected chi connectivity index (χ2v) is 4.92. The molecule has 0 aliphatic heterocycles. The van der Waals surface area contributed by atoms with Gasteiger partial charge in [-0.15, -0.1) is 0 Å². The molecule has 0 unspecified atom stereocenters. The molecule has 0 atom stereocenters. The summed E-state index contributed by atoms with van der Waals surface area (Å²) in [7, 11) is 3.11. The zero-order chi connectivity index (χ0) is 14.4. The van der Waals surface area contributed by atoms with Gasteiger partial charge in [-0.05, 0) is 17.7 Å². The second-order valence-electron chi connectivity index (χ2n) is 4.00. The first-order valence-electron chi connectivity index (χ1n) is 5.97. The van der Waals surface area contributed by atoms with Crippen LogP contribution in [0.25, 0.3) is 0 Å². The zero-order valence-corrected chi connectivity index (χ0v) is 12.8. The standard InChI is InChI=1S/C14H15BrN2O3/c1-18-14(19-2)12-7-16-9-17-13(12)20-8-10-3-5-11(15)6-4-10/h3-7,9,14H,8H2,1-2H3. The molecule has 0 radical (unpaired) electrons. The smallest absolute Gasteiger partial charge is 0.225 e. The van der Waals surface area contributed by atoms with Crippen molar-refractivity contribution in [1.29, 1.82) is 0 Å². The van der Waals surface area contributed by atoms with Crippen molar-refractivity contribution in [2.24, 2.45) is 0 Å². The van der Waals surface area contributed by atoms with Crippen LogP contribution in [0.1, 0.15) is 17.4 Å². The second kappa shape index (κ2) is 7.33. The Bertz CT molecular complexity index is 544. The van der Waals surface area contributed by atoms with Crippen LogP contribution in [-0.4, -0.2) is 24.2 Å². The number of ether oxygens (including phenoxy) is 3. The maximum Gasteiger partial charge on any atom is 0.225 e. The van der Waals surface area contributed by atoms with Gasteiger partial charge in [0.05, 0.1) is 5.56 Å². The summed E-state index contributed by atoms with van der Waals surface area (Å²) in [6.45, 7) is 0.414. The molecule has 0 amide bonds. The normalized spacial score (nSPS) is 10.8. The van der Waals surface area contributed by atoms with Gasteiger partial charge in [-0.2, -0.15) is 0 Å². The summed E-state index contributed by atoms with van der Waals surface area (Å²) in [5.41, 5.74) is 1.71. The third-order valence-electron chi connectivity index (χ3n) is 2.67. The quantitative estimate of drug-likeness (QED) is 0.757. The van der Waals surface area contributed by atoms with Crippen LogP contribution in [0, 0.1) is 0 Å². The average Bonchev–Trinajstić information content (AvgIpc) is 2.49. The molecule has 0 bridgehead atoms. The first-order chi connectivity index (χ1) is 9.74. The summed E-state index contributed by atoms with van der Waals surface area (Å²) in [6.07, 6.45) is 2.51. The molecule has 20 heavy (non-hydrogen) atoms. The van der Waals surface area contributed by atoms with Crippen LogP contribution in [0.15, 0.2) is 41.3 Å². The number of halogens is 1. The Morgan fingerprint density at radius 2 is 1.85 bits per heavy atom. The van der Waals surface area contributed by atoms with E-state index in [1.54, 1.807) is 20.4 Å². The topological polar surface area (TPSA) is 53.5 Å². The molecule has 2 rings (SSSR count). The number of nitrogens with zero attached hydrogens (tertiary/aromatic N) is 2. The highest BCUT2D eigenvalue weighted by molar-refractivity contribution is 9.10. The maximum absolute atomic E-state index is 5.72. The molecule has 1 aromatic heterocycles. The van der Waals surface area contributed by atoms with E-state index in [0.717, 1.165) is 10.0 Å². The van der Waals surface area contributed by atoms with Gasteiger partial charge in [0.2, 0.25) is 5.88 Å². The predicted molar refractivity (Wildman–Crippen MR) is 77.3 cm³/mol. The average molecular weight is 339 g/mol. The van der Waals surface area contributed by atoms with E-state index in [0.29, 0.717) is 18.1 Å². The van der Waals surface area contributed by atoms with Gasteiger partial charge in [0.15, 0.2) is 6.29 Å². The molecule has 5 nitrogen and oxygen atoms in total. The molecule has 0 saturated heterocycles. The Morgan fingerprint density at radius 1 is 1.15 bits per heavy atom. The Labute approximate surface area is 126 Å². The van der Waals surface area contributed by atoms with Gasteiger partial charge in [0.1, 0.15) is 12.9 Å². The van der Waals surface area contributed by atoms with Crippen LogP contribution in [0.2, 0.25) is 0 Å². The molecule has 0 spiro atoms. The largest absolute Gasteiger partial charge is 0.472 e. The lowest BCUT2D eigenvalue weighted by Gasteiger charge is -2.16. The predicted octanol–water partition coefficient (Wildman–Crippen LogP) is 3.11. The molecule has 1 heterocycles. The van der Waals surface area contributed by atoms with E-state index < -0.39 is 6.29 Å². The van der Waals surface area contributed by atoms with Gasteiger partial charge in [-0.3, -0.25) is 0 Å². The number of hydrogen-bond donors (Lipinski definition) is 0. The fourth-order valence-corrected chi connectivity index (χ4v) is 1.96. The van der Waals surface area contributed by atoms with Gasteiger partial charge in [0.25, 0.3) is 0 Å². The van der Waals surface area contributed by atoms with Crippen molar-refractivity contribution in [3.8, 4) is 5.88 Å². The zero-order valence-electron chi connectivity index (χ0n) is 11.2. The lowest BCUT2D eigenvalue weighted by atomic mass is 10.2. The Morgan fingerprint density at radius 3 is 2.50 bits per heavy atom. The third-order valence-corrected chi connectivity index (χ3v) is 3.20. The number of methoxy groups -OCH3 is 2. The molecule has 0 N–H and O–H groups in total. The fourth-order valence-electron chi connectivity index (χ4n) is 1.69. The van der Waals surface area contributed by atoms with Crippen molar-refractivity contribution in [1.82, 2.24) is 9.97 Å². The van der Waals surface area contributed by atoms with Crippen molar-refractivity contribution in [3.63, 3.8) is 0 Å². The Balaban J connectivity index is 2.11. The highest BCUT2D eigenvalue weighted by Gasteiger charge is 2.16. The number of benzene rings is 1. The molecular weight excluding hydrogens is 324 g/mol. The van der Waals surface area contributed by atoms with E-state index in [9.17, 15) is 0 Å². The van der Waals surface area contributed by atoms with Gasteiger partial charge >= 0.3 is 0 Å². The van der Waals surface area contributed by atoms with E-state index in [1.165, 1.54) is 6.33 Å². The number of hydrogen-bond acceptors (Lipinski definition) is 5. The van der Waals surface area contributed by atoms with Crippen molar-refractivity contribution in [2.75, 3.05) is 14.2 Å². The van der Waals surface area contributed by atoms with Crippen LogP contribution >= 0.6 is 15.9 Å². The molecule has 106 valence electrons.